The van der Waals surface area contributed by atoms with E-state index in [0.29, 0.717) is 66.1 Å². The molecule has 0 radical (unpaired) electrons. The molecule has 0 saturated carbocycles. The highest BCUT2D eigenvalue weighted by Crippen LogP contribution is 2.04. The molecule has 0 aromatic carbocycles. The summed E-state index contributed by atoms with van der Waals surface area (Å²) in [6.07, 6.45) is 1.97. The van der Waals surface area contributed by atoms with E-state index < -0.39 is 6.10 Å². The van der Waals surface area contributed by atoms with E-state index in [0.717, 1.165) is 0 Å². The van der Waals surface area contributed by atoms with E-state index in [1.807, 2.05) is 27.7 Å². The normalized spacial score (nSPS) is 15.1. The van der Waals surface area contributed by atoms with Crippen molar-refractivity contribution < 1.29 is 47.7 Å². The first-order valence-corrected chi connectivity index (χ1v) is 13.0. The molecule has 0 aliphatic carbocycles. The van der Waals surface area contributed by atoms with E-state index in [1.54, 1.807) is 19.3 Å². The van der Waals surface area contributed by atoms with Gasteiger partial charge in [0.25, 0.3) is 0 Å². The van der Waals surface area contributed by atoms with Crippen molar-refractivity contribution in [2.24, 2.45) is 0 Å². The van der Waals surface area contributed by atoms with E-state index in [1.165, 1.54) is 0 Å². The average Bonchev–Trinajstić information content (AvgIpc) is 2.86. The first kappa shape index (κ1) is 36.1. The van der Waals surface area contributed by atoms with Gasteiger partial charge >= 0.3 is 0 Å². The highest BCUT2D eigenvalue weighted by atomic mass is 16.6. The zero-order valence-electron chi connectivity index (χ0n) is 23.6. The molecule has 0 heterocycles. The van der Waals surface area contributed by atoms with Crippen molar-refractivity contribution in [2.75, 3.05) is 86.4 Å². The number of hydrogen-bond donors (Lipinski definition) is 1. The Bertz CT molecular complexity index is 517. The Hall–Kier alpha value is -0.920. The van der Waals surface area contributed by atoms with Gasteiger partial charge in [-0.1, -0.05) is 12.2 Å². The van der Waals surface area contributed by atoms with Crippen LogP contribution in [0.1, 0.15) is 27.7 Å². The molecule has 0 rings (SSSR count). The predicted octanol–water partition coefficient (Wildman–Crippen LogP) is 2.42. The highest BCUT2D eigenvalue weighted by molar-refractivity contribution is 4.67. The van der Waals surface area contributed by atoms with E-state index >= 15 is 0 Å². The summed E-state index contributed by atoms with van der Waals surface area (Å²) in [4.78, 5) is 0. The third-order valence-electron chi connectivity index (χ3n) is 4.67. The molecule has 37 heavy (non-hydrogen) atoms. The molecule has 0 saturated heterocycles. The molecule has 0 aliphatic rings. The van der Waals surface area contributed by atoms with Crippen LogP contribution in [-0.2, 0) is 42.6 Å². The minimum absolute atomic E-state index is 0.0616. The SMILES string of the molecule is C=CCOCC(O)COC(COCCOCC(COC(C)C)OCC(COCC=C)OC)COC(C)C. The third-order valence-corrected chi connectivity index (χ3v) is 4.67. The van der Waals surface area contributed by atoms with Gasteiger partial charge in [-0.25, -0.2) is 0 Å². The van der Waals surface area contributed by atoms with E-state index in [-0.39, 0.29) is 43.7 Å². The average molecular weight is 537 g/mol. The fourth-order valence-corrected chi connectivity index (χ4v) is 2.73. The van der Waals surface area contributed by atoms with Crippen LogP contribution in [0.2, 0.25) is 0 Å². The molecule has 1 N–H and O–H groups in total. The fraction of sp³-hybridized carbons (Fsp3) is 0.852. The maximum absolute atomic E-state index is 9.99. The lowest BCUT2D eigenvalue weighted by molar-refractivity contribution is -0.115. The van der Waals surface area contributed by atoms with E-state index in [9.17, 15) is 5.11 Å². The molecule has 0 spiro atoms. The lowest BCUT2D eigenvalue weighted by atomic mass is 10.3. The molecule has 0 aromatic rings. The molecule has 0 aromatic heterocycles. The smallest absolute Gasteiger partial charge is 0.104 e. The van der Waals surface area contributed by atoms with Crippen molar-refractivity contribution in [3.05, 3.63) is 25.3 Å². The zero-order chi connectivity index (χ0) is 27.7. The predicted molar refractivity (Wildman–Crippen MR) is 142 cm³/mol. The Morgan fingerprint density at radius 2 is 1.00 bits per heavy atom. The lowest BCUT2D eigenvalue weighted by Crippen LogP contribution is -2.34. The Morgan fingerprint density at radius 3 is 1.46 bits per heavy atom. The van der Waals surface area contributed by atoms with Crippen molar-refractivity contribution in [3.63, 3.8) is 0 Å². The van der Waals surface area contributed by atoms with Gasteiger partial charge < -0.3 is 47.7 Å². The monoisotopic (exact) mass is 536 g/mol. The van der Waals surface area contributed by atoms with E-state index in [2.05, 4.69) is 13.2 Å². The second-order valence-corrected chi connectivity index (χ2v) is 8.99. The Morgan fingerprint density at radius 1 is 0.568 bits per heavy atom. The van der Waals surface area contributed by atoms with Crippen LogP contribution in [0.4, 0.5) is 0 Å². The topological polar surface area (TPSA) is 103 Å². The van der Waals surface area contributed by atoms with Crippen LogP contribution in [0.5, 0.6) is 0 Å². The zero-order valence-corrected chi connectivity index (χ0v) is 23.6. The van der Waals surface area contributed by atoms with Crippen molar-refractivity contribution in [1.29, 1.82) is 0 Å². The fourth-order valence-electron chi connectivity index (χ4n) is 2.73. The minimum atomic E-state index is -0.735. The largest absolute Gasteiger partial charge is 0.388 e. The standard InChI is InChI=1S/C27H52O10/c1-8-10-30-14-24(28)15-36-26(20-34-22(3)4)17-32-12-13-33-18-27(21-35-23(5)6)37-19-25(29-7)16-31-11-9-2/h8-9,22-28H,1-2,10-21H2,3-7H3. The summed E-state index contributed by atoms with van der Waals surface area (Å²) >= 11 is 0. The molecular weight excluding hydrogens is 484 g/mol. The van der Waals surface area contributed by atoms with Crippen LogP contribution < -0.4 is 0 Å². The van der Waals surface area contributed by atoms with Gasteiger partial charge in [0.2, 0.25) is 0 Å². The van der Waals surface area contributed by atoms with Gasteiger partial charge in [-0.3, -0.25) is 0 Å². The quantitative estimate of drug-likeness (QED) is 0.118. The molecule has 10 heteroatoms. The minimum Gasteiger partial charge on any atom is -0.388 e. The molecule has 0 bridgehead atoms. The number of methoxy groups -OCH3 is 1. The Kier molecular flexibility index (Phi) is 24.7. The van der Waals surface area contributed by atoms with Crippen LogP contribution >= 0.6 is 0 Å². The molecule has 10 nitrogen and oxygen atoms in total. The molecular formula is C27H52O10. The molecule has 0 amide bonds. The van der Waals surface area contributed by atoms with Crippen LogP contribution in [-0.4, -0.2) is 128 Å². The molecule has 4 unspecified atom stereocenters. The van der Waals surface area contributed by atoms with Gasteiger partial charge in [0.1, 0.15) is 24.4 Å². The van der Waals surface area contributed by atoms with Crippen LogP contribution in [0.25, 0.3) is 0 Å². The number of rotatable bonds is 28. The molecule has 220 valence electrons. The summed E-state index contributed by atoms with van der Waals surface area (Å²) in [6, 6.07) is 0. The summed E-state index contributed by atoms with van der Waals surface area (Å²) < 4.78 is 50.7. The van der Waals surface area contributed by atoms with Gasteiger partial charge in [0.05, 0.1) is 91.5 Å². The summed E-state index contributed by atoms with van der Waals surface area (Å²) in [5, 5.41) is 9.99. The molecule has 0 aliphatic heterocycles. The maximum atomic E-state index is 9.99. The highest BCUT2D eigenvalue weighted by Gasteiger charge is 2.17. The number of hydrogen-bond acceptors (Lipinski definition) is 10. The van der Waals surface area contributed by atoms with Gasteiger partial charge in [-0.15, -0.1) is 13.2 Å². The van der Waals surface area contributed by atoms with Crippen molar-refractivity contribution in [1.82, 2.24) is 0 Å². The Labute approximate surface area is 224 Å². The lowest BCUT2D eigenvalue weighted by Gasteiger charge is -2.23. The van der Waals surface area contributed by atoms with Gasteiger partial charge in [0.15, 0.2) is 0 Å². The number of aliphatic hydroxyl groups excluding tert-OH is 1. The number of aliphatic hydroxyl groups is 1. The van der Waals surface area contributed by atoms with Gasteiger partial charge in [-0.05, 0) is 27.7 Å². The number of ether oxygens (including phenoxy) is 9. The Balaban J connectivity index is 4.38. The van der Waals surface area contributed by atoms with Crippen LogP contribution in [0, 0.1) is 0 Å². The molecule has 0 fully saturated rings. The van der Waals surface area contributed by atoms with Crippen molar-refractivity contribution in [3.8, 4) is 0 Å². The summed E-state index contributed by atoms with van der Waals surface area (Å²) in [7, 11) is 1.62. The first-order valence-electron chi connectivity index (χ1n) is 13.0. The van der Waals surface area contributed by atoms with E-state index in [4.69, 9.17) is 42.6 Å². The second-order valence-electron chi connectivity index (χ2n) is 8.99. The van der Waals surface area contributed by atoms with Gasteiger partial charge in [0, 0.05) is 7.11 Å². The van der Waals surface area contributed by atoms with Crippen molar-refractivity contribution >= 4 is 0 Å². The summed E-state index contributed by atoms with van der Waals surface area (Å²) in [5.41, 5.74) is 0. The molecule has 4 atom stereocenters. The van der Waals surface area contributed by atoms with Crippen molar-refractivity contribution in [2.45, 2.75) is 64.3 Å². The van der Waals surface area contributed by atoms with Crippen LogP contribution in [0.15, 0.2) is 25.3 Å². The summed E-state index contributed by atoms with van der Waals surface area (Å²) in [6.45, 7) is 19.2. The maximum Gasteiger partial charge on any atom is 0.104 e. The second kappa shape index (κ2) is 25.4. The first-order chi connectivity index (χ1) is 17.8. The summed E-state index contributed by atoms with van der Waals surface area (Å²) in [5.74, 6) is 0. The van der Waals surface area contributed by atoms with Gasteiger partial charge in [-0.2, -0.15) is 0 Å². The van der Waals surface area contributed by atoms with Crippen LogP contribution in [0.3, 0.4) is 0 Å². The third kappa shape index (κ3) is 23.9.